The fourth-order valence-electron chi connectivity index (χ4n) is 2.29. The predicted molar refractivity (Wildman–Crippen MR) is 87.6 cm³/mol. The van der Waals surface area contributed by atoms with Gasteiger partial charge in [0.2, 0.25) is 0 Å². The first-order valence-corrected chi connectivity index (χ1v) is 7.78. The first kappa shape index (κ1) is 13.3. The zero-order chi connectivity index (χ0) is 14.2. The molecule has 0 N–H and O–H groups in total. The molecule has 1 aromatic heterocycles. The highest BCUT2D eigenvalue weighted by molar-refractivity contribution is 7.18. The molecule has 0 amide bonds. The lowest BCUT2D eigenvalue weighted by atomic mass is 9.86. The Hall–Kier alpha value is -1.67. The molecule has 0 unspecified atom stereocenters. The molecule has 0 aliphatic carbocycles. The topological polar surface area (TPSA) is 12.9 Å². The lowest BCUT2D eigenvalue weighted by Gasteiger charge is -2.19. The Labute approximate surface area is 124 Å². The van der Waals surface area contributed by atoms with Crippen LogP contribution in [0.1, 0.15) is 36.9 Å². The molecule has 2 heteroatoms. The van der Waals surface area contributed by atoms with Crippen LogP contribution in [-0.2, 0) is 11.8 Å². The Morgan fingerprint density at radius 3 is 2.30 bits per heavy atom. The maximum atomic E-state index is 4.70. The Morgan fingerprint density at radius 2 is 1.65 bits per heavy atom. The summed E-state index contributed by atoms with van der Waals surface area (Å²) < 4.78 is 1.27. The summed E-state index contributed by atoms with van der Waals surface area (Å²) in [6.45, 7) is 6.74. The van der Waals surface area contributed by atoms with Crippen molar-refractivity contribution >= 4 is 21.6 Å². The summed E-state index contributed by atoms with van der Waals surface area (Å²) in [5, 5.41) is 1.19. The average Bonchev–Trinajstić information content (AvgIpc) is 2.80. The standard InChI is InChI=1S/C18H19NS/c1-18(2,3)14-10-8-13(9-11-14)12-17-19-15-6-4-5-7-16(15)20-17/h4-11H,12H2,1-3H3. The van der Waals surface area contributed by atoms with Crippen LogP contribution in [0.3, 0.4) is 0 Å². The van der Waals surface area contributed by atoms with E-state index in [0.29, 0.717) is 0 Å². The molecule has 0 saturated heterocycles. The Kier molecular flexibility index (Phi) is 3.35. The molecule has 0 aliphatic heterocycles. The number of aromatic nitrogens is 1. The maximum absolute atomic E-state index is 4.70. The summed E-state index contributed by atoms with van der Waals surface area (Å²) in [7, 11) is 0. The summed E-state index contributed by atoms with van der Waals surface area (Å²) in [6, 6.07) is 17.3. The van der Waals surface area contributed by atoms with Crippen LogP contribution in [0.5, 0.6) is 0 Å². The van der Waals surface area contributed by atoms with Crippen LogP contribution in [-0.4, -0.2) is 4.98 Å². The minimum absolute atomic E-state index is 0.217. The second kappa shape index (κ2) is 5.02. The monoisotopic (exact) mass is 281 g/mol. The van der Waals surface area contributed by atoms with Crippen molar-refractivity contribution in [3.63, 3.8) is 0 Å². The SMILES string of the molecule is CC(C)(C)c1ccc(Cc2nc3ccccc3s2)cc1. The van der Waals surface area contributed by atoms with E-state index in [9.17, 15) is 0 Å². The van der Waals surface area contributed by atoms with Gasteiger partial charge in [0.25, 0.3) is 0 Å². The van der Waals surface area contributed by atoms with Crippen molar-refractivity contribution in [2.45, 2.75) is 32.6 Å². The number of rotatable bonds is 2. The Bertz CT molecular complexity index is 684. The Balaban J connectivity index is 1.84. The van der Waals surface area contributed by atoms with E-state index < -0.39 is 0 Å². The van der Waals surface area contributed by atoms with E-state index in [-0.39, 0.29) is 5.41 Å². The molecule has 1 nitrogen and oxygen atoms in total. The first-order valence-electron chi connectivity index (χ1n) is 6.96. The fourth-order valence-corrected chi connectivity index (χ4v) is 3.29. The van der Waals surface area contributed by atoms with Gasteiger partial charge in [0, 0.05) is 6.42 Å². The number of hydrogen-bond donors (Lipinski definition) is 0. The average molecular weight is 281 g/mol. The van der Waals surface area contributed by atoms with E-state index >= 15 is 0 Å². The highest BCUT2D eigenvalue weighted by Crippen LogP contribution is 2.25. The van der Waals surface area contributed by atoms with Crippen LogP contribution in [0.15, 0.2) is 48.5 Å². The largest absolute Gasteiger partial charge is 0.241 e. The van der Waals surface area contributed by atoms with Gasteiger partial charge in [-0.3, -0.25) is 0 Å². The Morgan fingerprint density at radius 1 is 0.950 bits per heavy atom. The van der Waals surface area contributed by atoms with Crippen molar-refractivity contribution in [2.75, 3.05) is 0 Å². The number of para-hydroxylation sites is 1. The third kappa shape index (κ3) is 2.75. The molecule has 0 spiro atoms. The van der Waals surface area contributed by atoms with Gasteiger partial charge in [-0.05, 0) is 28.7 Å². The van der Waals surface area contributed by atoms with Crippen molar-refractivity contribution < 1.29 is 0 Å². The van der Waals surface area contributed by atoms with E-state index in [2.05, 4.69) is 63.2 Å². The molecular weight excluding hydrogens is 262 g/mol. The fraction of sp³-hybridized carbons (Fsp3) is 0.278. The van der Waals surface area contributed by atoms with Gasteiger partial charge >= 0.3 is 0 Å². The normalized spacial score (nSPS) is 11.9. The molecule has 3 aromatic rings. The lowest BCUT2D eigenvalue weighted by Crippen LogP contribution is -2.10. The molecule has 0 aliphatic rings. The number of hydrogen-bond acceptors (Lipinski definition) is 2. The molecule has 20 heavy (non-hydrogen) atoms. The van der Waals surface area contributed by atoms with Crippen molar-refractivity contribution in [1.29, 1.82) is 0 Å². The van der Waals surface area contributed by atoms with Crippen LogP contribution in [0.25, 0.3) is 10.2 Å². The number of nitrogens with zero attached hydrogens (tertiary/aromatic N) is 1. The quantitative estimate of drug-likeness (QED) is 0.630. The van der Waals surface area contributed by atoms with Crippen LogP contribution in [0.2, 0.25) is 0 Å². The summed E-state index contributed by atoms with van der Waals surface area (Å²) in [5.41, 5.74) is 4.04. The maximum Gasteiger partial charge on any atom is 0.0982 e. The number of thiazole rings is 1. The summed E-state index contributed by atoms with van der Waals surface area (Å²) >= 11 is 1.79. The molecule has 3 rings (SSSR count). The number of benzene rings is 2. The van der Waals surface area contributed by atoms with Crippen molar-refractivity contribution in [3.05, 3.63) is 64.7 Å². The zero-order valence-electron chi connectivity index (χ0n) is 12.2. The van der Waals surface area contributed by atoms with Gasteiger partial charge in [-0.1, -0.05) is 57.2 Å². The molecule has 102 valence electrons. The molecule has 0 radical (unpaired) electrons. The van der Waals surface area contributed by atoms with Crippen molar-refractivity contribution in [2.24, 2.45) is 0 Å². The van der Waals surface area contributed by atoms with Gasteiger partial charge in [0.1, 0.15) is 0 Å². The van der Waals surface area contributed by atoms with Crippen molar-refractivity contribution in [3.8, 4) is 0 Å². The van der Waals surface area contributed by atoms with Crippen LogP contribution < -0.4 is 0 Å². The molecule has 1 heterocycles. The van der Waals surface area contributed by atoms with E-state index in [0.717, 1.165) is 11.9 Å². The van der Waals surface area contributed by atoms with E-state index in [1.165, 1.54) is 20.8 Å². The third-order valence-corrected chi connectivity index (χ3v) is 4.55. The number of fused-ring (bicyclic) bond motifs is 1. The lowest BCUT2D eigenvalue weighted by molar-refractivity contribution is 0.590. The molecule has 0 bridgehead atoms. The van der Waals surface area contributed by atoms with E-state index in [1.54, 1.807) is 11.3 Å². The van der Waals surface area contributed by atoms with E-state index in [1.807, 2.05) is 6.07 Å². The second-order valence-corrected chi connectivity index (χ2v) is 7.31. The van der Waals surface area contributed by atoms with Crippen LogP contribution in [0.4, 0.5) is 0 Å². The predicted octanol–water partition coefficient (Wildman–Crippen LogP) is 5.18. The summed E-state index contributed by atoms with van der Waals surface area (Å²) in [5.74, 6) is 0. The van der Waals surface area contributed by atoms with Gasteiger partial charge in [-0.15, -0.1) is 11.3 Å². The highest BCUT2D eigenvalue weighted by atomic mass is 32.1. The van der Waals surface area contributed by atoms with Gasteiger partial charge in [-0.25, -0.2) is 4.98 Å². The first-order chi connectivity index (χ1) is 9.52. The molecule has 0 fully saturated rings. The minimum atomic E-state index is 0.217. The van der Waals surface area contributed by atoms with Gasteiger partial charge in [0.05, 0.1) is 15.2 Å². The molecule has 0 saturated carbocycles. The zero-order valence-corrected chi connectivity index (χ0v) is 13.0. The van der Waals surface area contributed by atoms with Gasteiger partial charge in [-0.2, -0.15) is 0 Å². The smallest absolute Gasteiger partial charge is 0.0982 e. The third-order valence-electron chi connectivity index (χ3n) is 3.51. The van der Waals surface area contributed by atoms with Gasteiger partial charge in [0.15, 0.2) is 0 Å². The molecular formula is C18H19NS. The summed E-state index contributed by atoms with van der Waals surface area (Å²) in [6.07, 6.45) is 0.920. The molecule has 2 aromatic carbocycles. The van der Waals surface area contributed by atoms with Crippen molar-refractivity contribution in [1.82, 2.24) is 4.98 Å². The van der Waals surface area contributed by atoms with E-state index in [4.69, 9.17) is 4.98 Å². The second-order valence-electron chi connectivity index (χ2n) is 6.20. The van der Waals surface area contributed by atoms with Crippen LogP contribution >= 0.6 is 11.3 Å². The minimum Gasteiger partial charge on any atom is -0.241 e. The highest BCUT2D eigenvalue weighted by Gasteiger charge is 2.13. The molecule has 0 atom stereocenters. The summed E-state index contributed by atoms with van der Waals surface area (Å²) in [4.78, 5) is 4.70. The van der Waals surface area contributed by atoms with Crippen LogP contribution in [0, 0.1) is 0 Å². The van der Waals surface area contributed by atoms with Gasteiger partial charge < -0.3 is 0 Å².